The van der Waals surface area contributed by atoms with E-state index < -0.39 is 10.0 Å². The van der Waals surface area contributed by atoms with Crippen molar-refractivity contribution >= 4 is 10.0 Å². The number of sulfonamides is 1. The van der Waals surface area contributed by atoms with Crippen LogP contribution in [-0.2, 0) is 23.1 Å². The second-order valence-electron chi connectivity index (χ2n) is 6.02. The molecule has 0 saturated carbocycles. The van der Waals surface area contributed by atoms with Crippen molar-refractivity contribution in [3.8, 4) is 0 Å². The maximum Gasteiger partial charge on any atom is 0.243 e. The summed E-state index contributed by atoms with van der Waals surface area (Å²) in [4.78, 5) is 0.325. The van der Waals surface area contributed by atoms with Crippen LogP contribution in [0.1, 0.15) is 45.7 Å². The Morgan fingerprint density at radius 3 is 2.24 bits per heavy atom. The third-order valence-corrected chi connectivity index (χ3v) is 5.53. The van der Waals surface area contributed by atoms with Gasteiger partial charge < -0.3 is 5.11 Å². The Hall–Kier alpha value is -0.910. The molecule has 0 aliphatic heterocycles. The minimum Gasteiger partial charge on any atom is -0.392 e. The molecule has 0 aliphatic carbocycles. The van der Waals surface area contributed by atoms with Crippen molar-refractivity contribution in [2.24, 2.45) is 5.92 Å². The van der Waals surface area contributed by atoms with Crippen LogP contribution in [0, 0.1) is 5.92 Å². The SMILES string of the molecule is CCc1ccc(CO)cc1S(=O)(=O)N(CC(C)C)C(C)C. The maximum absolute atomic E-state index is 13.0. The zero-order chi connectivity index (χ0) is 16.2. The van der Waals surface area contributed by atoms with Gasteiger partial charge in [0.2, 0.25) is 10.0 Å². The average molecular weight is 313 g/mol. The van der Waals surface area contributed by atoms with Crippen molar-refractivity contribution < 1.29 is 13.5 Å². The molecule has 0 aliphatic rings. The molecule has 4 nitrogen and oxygen atoms in total. The van der Waals surface area contributed by atoms with Gasteiger partial charge in [0.15, 0.2) is 0 Å². The molecule has 0 fully saturated rings. The molecule has 0 spiro atoms. The van der Waals surface area contributed by atoms with E-state index in [1.165, 1.54) is 0 Å². The molecule has 1 aromatic carbocycles. The first-order valence-electron chi connectivity index (χ1n) is 7.48. The Morgan fingerprint density at radius 1 is 1.19 bits per heavy atom. The van der Waals surface area contributed by atoms with Gasteiger partial charge in [-0.05, 0) is 43.4 Å². The van der Waals surface area contributed by atoms with Gasteiger partial charge in [-0.2, -0.15) is 4.31 Å². The zero-order valence-electron chi connectivity index (χ0n) is 13.6. The molecule has 1 aromatic rings. The highest BCUT2D eigenvalue weighted by Gasteiger charge is 2.29. The van der Waals surface area contributed by atoms with Crippen molar-refractivity contribution in [2.45, 2.75) is 58.6 Å². The number of aliphatic hydroxyl groups is 1. The number of nitrogens with zero attached hydrogens (tertiary/aromatic N) is 1. The van der Waals surface area contributed by atoms with Crippen molar-refractivity contribution in [3.05, 3.63) is 29.3 Å². The van der Waals surface area contributed by atoms with Crippen LogP contribution < -0.4 is 0 Å². The van der Waals surface area contributed by atoms with Gasteiger partial charge in [0.25, 0.3) is 0 Å². The van der Waals surface area contributed by atoms with Gasteiger partial charge in [-0.3, -0.25) is 0 Å². The predicted octanol–water partition coefficient (Wildman–Crippen LogP) is 2.80. The van der Waals surface area contributed by atoms with E-state index in [4.69, 9.17) is 0 Å². The van der Waals surface area contributed by atoms with Crippen molar-refractivity contribution in [3.63, 3.8) is 0 Å². The van der Waals surface area contributed by atoms with Crippen molar-refractivity contribution in [1.82, 2.24) is 4.31 Å². The first kappa shape index (κ1) is 18.1. The van der Waals surface area contributed by atoms with E-state index in [-0.39, 0.29) is 18.6 Å². The molecule has 0 bridgehead atoms. The van der Waals surface area contributed by atoms with Crippen LogP contribution in [0.4, 0.5) is 0 Å². The molecule has 0 aromatic heterocycles. The summed E-state index contributed by atoms with van der Waals surface area (Å²) in [5, 5.41) is 9.28. The normalized spacial score (nSPS) is 12.6. The van der Waals surface area contributed by atoms with E-state index in [0.717, 1.165) is 5.56 Å². The lowest BCUT2D eigenvalue weighted by atomic mass is 10.1. The van der Waals surface area contributed by atoms with Crippen LogP contribution in [0.5, 0.6) is 0 Å². The van der Waals surface area contributed by atoms with E-state index in [2.05, 4.69) is 0 Å². The van der Waals surface area contributed by atoms with Crippen LogP contribution in [0.2, 0.25) is 0 Å². The molecule has 1 rings (SSSR count). The summed E-state index contributed by atoms with van der Waals surface area (Å²) in [5.74, 6) is 0.258. The van der Waals surface area contributed by atoms with Gasteiger partial charge in [0.1, 0.15) is 0 Å². The molecule has 0 heterocycles. The molecule has 0 saturated heterocycles. The first-order chi connectivity index (χ1) is 9.73. The van der Waals surface area contributed by atoms with Gasteiger partial charge in [0.05, 0.1) is 11.5 Å². The largest absolute Gasteiger partial charge is 0.392 e. The molecule has 1 N–H and O–H groups in total. The lowest BCUT2D eigenvalue weighted by molar-refractivity contribution is 0.281. The van der Waals surface area contributed by atoms with Crippen LogP contribution in [0.3, 0.4) is 0 Å². The van der Waals surface area contributed by atoms with Gasteiger partial charge in [0, 0.05) is 12.6 Å². The van der Waals surface area contributed by atoms with Crippen LogP contribution in [-0.4, -0.2) is 30.4 Å². The Balaban J connectivity index is 3.39. The number of rotatable bonds is 7. The summed E-state index contributed by atoms with van der Waals surface area (Å²) in [7, 11) is -3.55. The molecular weight excluding hydrogens is 286 g/mol. The number of hydrogen-bond acceptors (Lipinski definition) is 3. The lowest BCUT2D eigenvalue weighted by Crippen LogP contribution is -2.39. The fraction of sp³-hybridized carbons (Fsp3) is 0.625. The summed E-state index contributed by atoms with van der Waals surface area (Å²) < 4.78 is 27.6. The van der Waals surface area contributed by atoms with E-state index in [1.54, 1.807) is 22.5 Å². The third kappa shape index (κ3) is 4.28. The number of aryl methyl sites for hydroxylation is 1. The highest BCUT2D eigenvalue weighted by atomic mass is 32.2. The number of benzene rings is 1. The van der Waals surface area contributed by atoms with Gasteiger partial charge in [-0.25, -0.2) is 8.42 Å². The van der Waals surface area contributed by atoms with Crippen LogP contribution >= 0.6 is 0 Å². The fourth-order valence-electron chi connectivity index (χ4n) is 2.30. The number of hydrogen-bond donors (Lipinski definition) is 1. The van der Waals surface area contributed by atoms with E-state index in [1.807, 2.05) is 34.6 Å². The smallest absolute Gasteiger partial charge is 0.243 e. The van der Waals surface area contributed by atoms with Crippen LogP contribution in [0.25, 0.3) is 0 Å². The summed E-state index contributed by atoms with van der Waals surface area (Å²) in [6.45, 7) is 10.1. The fourth-order valence-corrected chi connectivity index (χ4v) is 4.45. The van der Waals surface area contributed by atoms with Gasteiger partial charge >= 0.3 is 0 Å². The molecular formula is C16H27NO3S. The van der Waals surface area contributed by atoms with Gasteiger partial charge in [-0.1, -0.05) is 32.9 Å². The minimum atomic E-state index is -3.55. The minimum absolute atomic E-state index is 0.0973. The third-order valence-electron chi connectivity index (χ3n) is 3.40. The zero-order valence-corrected chi connectivity index (χ0v) is 14.4. The summed E-state index contributed by atoms with van der Waals surface area (Å²) in [6.07, 6.45) is 0.647. The molecule has 0 radical (unpaired) electrons. The Labute approximate surface area is 128 Å². The predicted molar refractivity (Wildman–Crippen MR) is 85.6 cm³/mol. The van der Waals surface area contributed by atoms with Crippen molar-refractivity contribution in [2.75, 3.05) is 6.54 Å². The average Bonchev–Trinajstić information content (AvgIpc) is 2.43. The summed E-state index contributed by atoms with van der Waals surface area (Å²) in [6, 6.07) is 5.08. The molecule has 0 unspecified atom stereocenters. The van der Waals surface area contributed by atoms with E-state index in [9.17, 15) is 13.5 Å². The molecule has 21 heavy (non-hydrogen) atoms. The van der Waals surface area contributed by atoms with Crippen LogP contribution in [0.15, 0.2) is 23.1 Å². The Kier molecular flexibility index (Phi) is 6.38. The standard InChI is InChI=1S/C16H27NO3S/c1-6-15-8-7-14(11-18)9-16(15)21(19,20)17(13(4)5)10-12(2)3/h7-9,12-13,18H,6,10-11H2,1-5H3. The highest BCUT2D eigenvalue weighted by Crippen LogP contribution is 2.25. The summed E-state index contributed by atoms with van der Waals surface area (Å²) in [5.41, 5.74) is 1.42. The second kappa shape index (κ2) is 7.38. The molecule has 0 atom stereocenters. The van der Waals surface area contributed by atoms with Crippen molar-refractivity contribution in [1.29, 1.82) is 0 Å². The molecule has 0 amide bonds. The molecule has 5 heteroatoms. The Bertz CT molecular complexity index is 565. The topological polar surface area (TPSA) is 57.6 Å². The first-order valence-corrected chi connectivity index (χ1v) is 8.92. The van der Waals surface area contributed by atoms with E-state index in [0.29, 0.717) is 23.4 Å². The quantitative estimate of drug-likeness (QED) is 0.842. The summed E-state index contributed by atoms with van der Waals surface area (Å²) >= 11 is 0. The maximum atomic E-state index is 13.0. The molecule has 120 valence electrons. The van der Waals surface area contributed by atoms with Gasteiger partial charge in [-0.15, -0.1) is 0 Å². The lowest BCUT2D eigenvalue weighted by Gasteiger charge is -2.28. The monoisotopic (exact) mass is 313 g/mol. The highest BCUT2D eigenvalue weighted by molar-refractivity contribution is 7.89. The number of aliphatic hydroxyl groups excluding tert-OH is 1. The van der Waals surface area contributed by atoms with E-state index >= 15 is 0 Å². The second-order valence-corrected chi connectivity index (χ2v) is 7.88. The Morgan fingerprint density at radius 2 is 1.81 bits per heavy atom.